The number of allylic oxidation sites excluding steroid dienone is 2. The van der Waals surface area contributed by atoms with Gasteiger partial charge in [-0.2, -0.15) is 5.26 Å². The molecule has 5 rings (SSSR count). The van der Waals surface area contributed by atoms with E-state index in [2.05, 4.69) is 0 Å². The standard InChI is InChI=1S/C25H18FN3O4S/c26-17-9-5-15(6-10-17)14-29-21-4-2-1-3-19(21)23-24(34(29,31)32)22(20(13-27)25(28)33-23)16-7-11-18(30)12-8-16/h1-12,22,30H,14,28H2/t22-/m1/s1. The van der Waals surface area contributed by atoms with Crippen molar-refractivity contribution in [3.8, 4) is 11.8 Å². The van der Waals surface area contributed by atoms with Gasteiger partial charge in [-0.15, -0.1) is 0 Å². The van der Waals surface area contributed by atoms with Gasteiger partial charge in [0.25, 0.3) is 10.0 Å². The lowest BCUT2D eigenvalue weighted by Crippen LogP contribution is -2.39. The topological polar surface area (TPSA) is 117 Å². The van der Waals surface area contributed by atoms with E-state index in [0.717, 1.165) is 0 Å². The molecule has 0 amide bonds. The van der Waals surface area contributed by atoms with Gasteiger partial charge < -0.3 is 15.6 Å². The number of halogens is 1. The molecule has 34 heavy (non-hydrogen) atoms. The number of hydrogen-bond donors (Lipinski definition) is 2. The first-order valence-electron chi connectivity index (χ1n) is 10.3. The van der Waals surface area contributed by atoms with Crippen LogP contribution in [-0.4, -0.2) is 13.5 Å². The van der Waals surface area contributed by atoms with Crippen LogP contribution in [0.4, 0.5) is 10.1 Å². The number of para-hydroxylation sites is 1. The number of aromatic hydroxyl groups is 1. The van der Waals surface area contributed by atoms with Crippen LogP contribution in [0.2, 0.25) is 0 Å². The number of nitrogens with zero attached hydrogens (tertiary/aromatic N) is 2. The highest BCUT2D eigenvalue weighted by Gasteiger charge is 2.47. The molecule has 0 radical (unpaired) electrons. The van der Waals surface area contributed by atoms with Gasteiger partial charge in [0, 0.05) is 5.56 Å². The van der Waals surface area contributed by atoms with Crippen molar-refractivity contribution in [1.82, 2.24) is 0 Å². The number of nitrogens with two attached hydrogens (primary N) is 1. The molecule has 2 heterocycles. The summed E-state index contributed by atoms with van der Waals surface area (Å²) in [6.45, 7) is -0.0558. The average Bonchev–Trinajstić information content (AvgIpc) is 2.82. The van der Waals surface area contributed by atoms with E-state index in [9.17, 15) is 23.2 Å². The normalized spacial score (nSPS) is 18.6. The molecule has 3 aromatic rings. The Labute approximate surface area is 195 Å². The van der Waals surface area contributed by atoms with Crippen molar-refractivity contribution >= 4 is 21.5 Å². The Balaban J connectivity index is 1.75. The Kier molecular flexibility index (Phi) is 5.03. The molecule has 0 aliphatic carbocycles. The first-order chi connectivity index (χ1) is 16.3. The van der Waals surface area contributed by atoms with Gasteiger partial charge >= 0.3 is 0 Å². The molecule has 0 fully saturated rings. The second-order valence-corrected chi connectivity index (χ2v) is 9.70. The molecular formula is C25H18FN3O4S. The molecule has 0 bridgehead atoms. The third kappa shape index (κ3) is 3.36. The number of fused-ring (bicyclic) bond motifs is 2. The largest absolute Gasteiger partial charge is 0.508 e. The highest BCUT2D eigenvalue weighted by molar-refractivity contribution is 7.96. The van der Waals surface area contributed by atoms with Crippen LogP contribution in [0, 0.1) is 17.1 Å². The lowest BCUT2D eigenvalue weighted by atomic mass is 9.88. The second kappa shape index (κ2) is 7.93. The summed E-state index contributed by atoms with van der Waals surface area (Å²) in [5, 5.41) is 19.6. The van der Waals surface area contributed by atoms with Crippen LogP contribution < -0.4 is 10.0 Å². The number of anilines is 1. The molecular weight excluding hydrogens is 457 g/mol. The number of ether oxygens (including phenoxy) is 1. The number of sulfonamides is 1. The predicted octanol–water partition coefficient (Wildman–Crippen LogP) is 4.06. The zero-order valence-electron chi connectivity index (χ0n) is 17.6. The van der Waals surface area contributed by atoms with Gasteiger partial charge in [0.05, 0.1) is 18.2 Å². The van der Waals surface area contributed by atoms with Gasteiger partial charge in [-0.25, -0.2) is 12.8 Å². The Bertz CT molecular complexity index is 1500. The molecule has 2 aliphatic heterocycles. The number of phenolic OH excluding ortho intramolecular Hbond substituents is 1. The van der Waals surface area contributed by atoms with Gasteiger partial charge in [0.2, 0.25) is 5.88 Å². The molecule has 2 aliphatic rings. The summed E-state index contributed by atoms with van der Waals surface area (Å²) in [4.78, 5) is -0.121. The van der Waals surface area contributed by atoms with Crippen molar-refractivity contribution in [1.29, 1.82) is 5.26 Å². The molecule has 3 N–H and O–H groups in total. The summed E-state index contributed by atoms with van der Waals surface area (Å²) in [5.74, 6) is -1.60. The number of phenols is 1. The predicted molar refractivity (Wildman–Crippen MR) is 124 cm³/mol. The van der Waals surface area contributed by atoms with E-state index < -0.39 is 21.8 Å². The molecule has 9 heteroatoms. The molecule has 0 aromatic heterocycles. The van der Waals surface area contributed by atoms with Crippen molar-refractivity contribution in [2.24, 2.45) is 5.73 Å². The third-order valence-electron chi connectivity index (χ3n) is 5.82. The number of nitriles is 1. The minimum atomic E-state index is -4.23. The molecule has 0 saturated heterocycles. The number of benzene rings is 3. The van der Waals surface area contributed by atoms with Crippen molar-refractivity contribution in [3.63, 3.8) is 0 Å². The Morgan fingerprint density at radius 3 is 2.41 bits per heavy atom. The molecule has 7 nitrogen and oxygen atoms in total. The van der Waals surface area contributed by atoms with Crippen molar-refractivity contribution in [3.05, 3.63) is 112 Å². The van der Waals surface area contributed by atoms with Gasteiger partial charge in [-0.1, -0.05) is 36.4 Å². The molecule has 170 valence electrons. The number of rotatable bonds is 3. The highest BCUT2D eigenvalue weighted by Crippen LogP contribution is 2.51. The summed E-state index contributed by atoms with van der Waals surface area (Å²) in [6.07, 6.45) is 0. The Morgan fingerprint density at radius 2 is 1.74 bits per heavy atom. The maximum Gasteiger partial charge on any atom is 0.265 e. The molecule has 0 unspecified atom stereocenters. The average molecular weight is 476 g/mol. The SMILES string of the molecule is N#CC1=C(N)OC2=C([C@@H]1c1ccc(O)cc1)S(=O)(=O)N(Cc1ccc(F)cc1)c1ccccc12. The Hall–Kier alpha value is -4.29. The van der Waals surface area contributed by atoms with Crippen LogP contribution >= 0.6 is 0 Å². The summed E-state index contributed by atoms with van der Waals surface area (Å²) >= 11 is 0. The quantitative estimate of drug-likeness (QED) is 0.590. The maximum atomic E-state index is 14.1. The fourth-order valence-electron chi connectivity index (χ4n) is 4.24. The van der Waals surface area contributed by atoms with E-state index in [4.69, 9.17) is 10.5 Å². The lowest BCUT2D eigenvalue weighted by molar-refractivity contribution is 0.357. The van der Waals surface area contributed by atoms with E-state index >= 15 is 0 Å². The zero-order chi connectivity index (χ0) is 24.0. The molecule has 1 atom stereocenters. The van der Waals surface area contributed by atoms with Crippen molar-refractivity contribution in [2.45, 2.75) is 12.5 Å². The molecule has 0 saturated carbocycles. The summed E-state index contributed by atoms with van der Waals surface area (Å²) < 4.78 is 48.6. The van der Waals surface area contributed by atoms with Crippen LogP contribution in [0.5, 0.6) is 5.75 Å². The maximum absolute atomic E-state index is 14.1. The first-order valence-corrected chi connectivity index (χ1v) is 11.7. The Morgan fingerprint density at radius 1 is 1.06 bits per heavy atom. The summed E-state index contributed by atoms with van der Waals surface area (Å²) in [6, 6.07) is 20.3. The minimum Gasteiger partial charge on any atom is -0.508 e. The van der Waals surface area contributed by atoms with Gasteiger partial charge in [0.15, 0.2) is 5.76 Å². The fourth-order valence-corrected chi connectivity index (χ4v) is 6.15. The summed E-state index contributed by atoms with van der Waals surface area (Å²) in [5.41, 5.74) is 7.95. The minimum absolute atomic E-state index is 0.00439. The second-order valence-electron chi connectivity index (χ2n) is 7.87. The summed E-state index contributed by atoms with van der Waals surface area (Å²) in [7, 11) is -4.23. The van der Waals surface area contributed by atoms with Crippen LogP contribution in [0.1, 0.15) is 22.6 Å². The third-order valence-corrected chi connectivity index (χ3v) is 7.71. The van der Waals surface area contributed by atoms with Gasteiger partial charge in [-0.05, 0) is 47.5 Å². The van der Waals surface area contributed by atoms with E-state index in [-0.39, 0.29) is 34.4 Å². The van der Waals surface area contributed by atoms with Crippen LogP contribution in [0.3, 0.4) is 0 Å². The smallest absolute Gasteiger partial charge is 0.265 e. The zero-order valence-corrected chi connectivity index (χ0v) is 18.5. The van der Waals surface area contributed by atoms with Gasteiger partial charge in [0.1, 0.15) is 28.1 Å². The van der Waals surface area contributed by atoms with E-state index in [1.165, 1.54) is 40.7 Å². The van der Waals surface area contributed by atoms with Crippen molar-refractivity contribution in [2.75, 3.05) is 4.31 Å². The lowest BCUT2D eigenvalue weighted by Gasteiger charge is -2.38. The fraction of sp³-hybridized carbons (Fsp3) is 0.0800. The van der Waals surface area contributed by atoms with E-state index in [1.54, 1.807) is 36.4 Å². The molecule has 0 spiro atoms. The highest BCUT2D eigenvalue weighted by atomic mass is 32.2. The first kappa shape index (κ1) is 21.6. The monoisotopic (exact) mass is 475 g/mol. The molecule has 3 aromatic carbocycles. The number of hydrogen-bond acceptors (Lipinski definition) is 6. The van der Waals surface area contributed by atoms with E-state index in [0.29, 0.717) is 22.4 Å². The van der Waals surface area contributed by atoms with Gasteiger partial charge in [-0.3, -0.25) is 4.31 Å². The van der Waals surface area contributed by atoms with Crippen LogP contribution in [0.25, 0.3) is 5.76 Å². The van der Waals surface area contributed by atoms with Crippen LogP contribution in [-0.2, 0) is 21.3 Å². The van der Waals surface area contributed by atoms with E-state index in [1.807, 2.05) is 6.07 Å². The van der Waals surface area contributed by atoms with Crippen LogP contribution in [0.15, 0.2) is 89.2 Å². The van der Waals surface area contributed by atoms with Crippen molar-refractivity contribution < 1.29 is 22.7 Å².